The van der Waals surface area contributed by atoms with E-state index in [9.17, 15) is 9.59 Å². The van der Waals surface area contributed by atoms with Gasteiger partial charge in [0.15, 0.2) is 0 Å². The summed E-state index contributed by atoms with van der Waals surface area (Å²) >= 11 is 0. The van der Waals surface area contributed by atoms with Crippen molar-refractivity contribution in [2.75, 3.05) is 13.1 Å². The van der Waals surface area contributed by atoms with Crippen LogP contribution >= 0.6 is 0 Å². The van der Waals surface area contributed by atoms with Crippen LogP contribution in [0.5, 0.6) is 0 Å². The van der Waals surface area contributed by atoms with Gasteiger partial charge in [-0.3, -0.25) is 4.79 Å². The molecule has 2 N–H and O–H groups in total. The van der Waals surface area contributed by atoms with E-state index in [1.165, 1.54) is 11.1 Å². The monoisotopic (exact) mass is 315 g/mol. The number of hydrogen-bond donors (Lipinski definition) is 2. The van der Waals surface area contributed by atoms with Gasteiger partial charge in [-0.15, -0.1) is 0 Å². The van der Waals surface area contributed by atoms with E-state index in [1.807, 2.05) is 4.90 Å². The molecular formula is C18H25N3O2. The molecule has 3 amide bonds. The highest BCUT2D eigenvalue weighted by atomic mass is 16.2. The second-order valence-corrected chi connectivity index (χ2v) is 6.61. The Labute approximate surface area is 137 Å². The summed E-state index contributed by atoms with van der Waals surface area (Å²) in [5.41, 5.74) is 2.75. The number of hydrogen-bond acceptors (Lipinski definition) is 2. The number of carbonyl (C=O) groups is 2. The topological polar surface area (TPSA) is 61.4 Å². The smallest absolute Gasteiger partial charge is 0.315 e. The van der Waals surface area contributed by atoms with Crippen molar-refractivity contribution in [1.82, 2.24) is 15.5 Å². The zero-order chi connectivity index (χ0) is 16.2. The molecule has 23 heavy (non-hydrogen) atoms. The summed E-state index contributed by atoms with van der Waals surface area (Å²) in [5, 5.41) is 6.17. The third-order valence-corrected chi connectivity index (χ3v) is 4.96. The van der Waals surface area contributed by atoms with Crippen LogP contribution in [0.1, 0.15) is 37.3 Å². The van der Waals surface area contributed by atoms with Crippen molar-refractivity contribution < 1.29 is 9.59 Å². The number of aryl methyl sites for hydroxylation is 1. The van der Waals surface area contributed by atoms with Crippen LogP contribution in [-0.2, 0) is 17.6 Å². The molecular weight excluding hydrogens is 290 g/mol. The lowest BCUT2D eigenvalue weighted by atomic mass is 9.88. The highest BCUT2D eigenvalue weighted by Gasteiger charge is 2.24. The number of amides is 3. The third kappa shape index (κ3) is 4.03. The number of benzene rings is 1. The average Bonchev–Trinajstić information content (AvgIpc) is 2.55. The minimum Gasteiger partial charge on any atom is -0.343 e. The van der Waals surface area contributed by atoms with Gasteiger partial charge in [0.25, 0.3) is 0 Å². The molecule has 1 saturated heterocycles. The fourth-order valence-corrected chi connectivity index (χ4v) is 3.57. The average molecular weight is 315 g/mol. The Morgan fingerprint density at radius 2 is 1.65 bits per heavy atom. The number of fused-ring (bicyclic) bond motifs is 1. The van der Waals surface area contributed by atoms with Gasteiger partial charge in [0, 0.05) is 32.1 Å². The lowest BCUT2D eigenvalue weighted by Gasteiger charge is -2.32. The first-order valence-electron chi connectivity index (χ1n) is 8.51. The Hall–Kier alpha value is -2.04. The Kier molecular flexibility index (Phi) is 4.84. The zero-order valence-electron chi connectivity index (χ0n) is 13.7. The maximum atomic E-state index is 12.2. The van der Waals surface area contributed by atoms with Crippen molar-refractivity contribution in [2.45, 2.75) is 51.1 Å². The Balaban J connectivity index is 1.45. The minimum atomic E-state index is -0.0735. The molecule has 1 aliphatic carbocycles. The van der Waals surface area contributed by atoms with Gasteiger partial charge >= 0.3 is 6.03 Å². The molecule has 1 heterocycles. The summed E-state index contributed by atoms with van der Waals surface area (Å²) in [6.07, 6.45) is 4.60. The molecule has 1 unspecified atom stereocenters. The van der Waals surface area contributed by atoms with Crippen LogP contribution in [0.4, 0.5) is 4.79 Å². The van der Waals surface area contributed by atoms with E-state index in [4.69, 9.17) is 0 Å². The highest BCUT2D eigenvalue weighted by Crippen LogP contribution is 2.21. The predicted molar refractivity (Wildman–Crippen MR) is 89.2 cm³/mol. The molecule has 1 atom stereocenters. The van der Waals surface area contributed by atoms with Gasteiger partial charge in [-0.1, -0.05) is 24.3 Å². The summed E-state index contributed by atoms with van der Waals surface area (Å²) in [7, 11) is 0. The van der Waals surface area contributed by atoms with E-state index in [0.29, 0.717) is 0 Å². The lowest BCUT2D eigenvalue weighted by Crippen LogP contribution is -2.51. The maximum absolute atomic E-state index is 12.2. The molecule has 0 radical (unpaired) electrons. The molecule has 0 spiro atoms. The fraction of sp³-hybridized carbons (Fsp3) is 0.556. The summed E-state index contributed by atoms with van der Waals surface area (Å²) in [4.78, 5) is 25.4. The number of nitrogens with zero attached hydrogens (tertiary/aromatic N) is 1. The van der Waals surface area contributed by atoms with Crippen LogP contribution < -0.4 is 10.6 Å². The minimum absolute atomic E-state index is 0.0735. The molecule has 1 aromatic carbocycles. The molecule has 5 nitrogen and oxygen atoms in total. The predicted octanol–water partition coefficient (Wildman–Crippen LogP) is 1.85. The summed E-state index contributed by atoms with van der Waals surface area (Å²) in [5.74, 6) is 0.119. The van der Waals surface area contributed by atoms with Gasteiger partial charge in [0.2, 0.25) is 5.91 Å². The molecule has 124 valence electrons. The van der Waals surface area contributed by atoms with Crippen LogP contribution in [-0.4, -0.2) is 42.0 Å². The van der Waals surface area contributed by atoms with E-state index in [1.54, 1.807) is 6.92 Å². The van der Waals surface area contributed by atoms with Gasteiger partial charge in [-0.2, -0.15) is 0 Å². The van der Waals surface area contributed by atoms with E-state index < -0.39 is 0 Å². The van der Waals surface area contributed by atoms with Gasteiger partial charge in [0.1, 0.15) is 0 Å². The fourth-order valence-electron chi connectivity index (χ4n) is 3.57. The number of likely N-dealkylation sites (tertiary alicyclic amines) is 1. The van der Waals surface area contributed by atoms with Crippen molar-refractivity contribution in [3.05, 3.63) is 35.4 Å². The lowest BCUT2D eigenvalue weighted by molar-refractivity contribution is -0.129. The largest absolute Gasteiger partial charge is 0.343 e. The van der Waals surface area contributed by atoms with Crippen molar-refractivity contribution in [3.63, 3.8) is 0 Å². The van der Waals surface area contributed by atoms with Gasteiger partial charge in [-0.05, 0) is 43.2 Å². The standard InChI is InChI=1S/C18H25N3O2/c1-13(22)21-10-8-16(9-11-21)19-18(23)20-17-7-6-14-4-2-3-5-15(14)12-17/h2-5,16-17H,6-12H2,1H3,(H2,19,20,23). The van der Waals surface area contributed by atoms with E-state index in [0.717, 1.165) is 45.2 Å². The molecule has 1 aliphatic heterocycles. The van der Waals surface area contributed by atoms with E-state index in [2.05, 4.69) is 34.9 Å². The van der Waals surface area contributed by atoms with Crippen molar-refractivity contribution >= 4 is 11.9 Å². The van der Waals surface area contributed by atoms with Crippen LogP contribution in [0.2, 0.25) is 0 Å². The zero-order valence-corrected chi connectivity index (χ0v) is 13.7. The number of nitrogens with one attached hydrogen (secondary N) is 2. The Morgan fingerprint density at radius 3 is 2.35 bits per heavy atom. The van der Waals surface area contributed by atoms with Crippen molar-refractivity contribution in [3.8, 4) is 0 Å². The first kappa shape index (κ1) is 15.8. The van der Waals surface area contributed by atoms with E-state index in [-0.39, 0.29) is 24.0 Å². The Morgan fingerprint density at radius 1 is 1.00 bits per heavy atom. The molecule has 0 bridgehead atoms. The molecule has 3 rings (SSSR count). The van der Waals surface area contributed by atoms with Crippen LogP contribution in [0, 0.1) is 0 Å². The van der Waals surface area contributed by atoms with Gasteiger partial charge < -0.3 is 15.5 Å². The van der Waals surface area contributed by atoms with E-state index >= 15 is 0 Å². The van der Waals surface area contributed by atoms with Gasteiger partial charge in [-0.25, -0.2) is 4.79 Å². The normalized spacial score (nSPS) is 21.4. The molecule has 0 saturated carbocycles. The summed E-state index contributed by atoms with van der Waals surface area (Å²) < 4.78 is 0. The Bertz CT molecular complexity index is 579. The maximum Gasteiger partial charge on any atom is 0.315 e. The first-order chi connectivity index (χ1) is 11.1. The van der Waals surface area contributed by atoms with Crippen molar-refractivity contribution in [1.29, 1.82) is 0 Å². The van der Waals surface area contributed by atoms with Crippen LogP contribution in [0.25, 0.3) is 0 Å². The molecule has 1 aromatic rings. The summed E-state index contributed by atoms with van der Waals surface area (Å²) in [6, 6.07) is 8.77. The molecule has 5 heteroatoms. The number of urea groups is 1. The molecule has 1 fully saturated rings. The number of rotatable bonds is 2. The SMILES string of the molecule is CC(=O)N1CCC(NC(=O)NC2CCc3ccccc3C2)CC1. The second kappa shape index (κ2) is 7.02. The number of carbonyl (C=O) groups excluding carboxylic acids is 2. The first-order valence-corrected chi connectivity index (χ1v) is 8.51. The van der Waals surface area contributed by atoms with Crippen molar-refractivity contribution in [2.24, 2.45) is 0 Å². The molecule has 2 aliphatic rings. The second-order valence-electron chi connectivity index (χ2n) is 6.61. The van der Waals surface area contributed by atoms with Crippen LogP contribution in [0.3, 0.4) is 0 Å². The quantitative estimate of drug-likeness (QED) is 0.875. The molecule has 0 aromatic heterocycles. The third-order valence-electron chi connectivity index (χ3n) is 4.96. The van der Waals surface area contributed by atoms with Crippen LogP contribution in [0.15, 0.2) is 24.3 Å². The van der Waals surface area contributed by atoms with Gasteiger partial charge in [0.05, 0.1) is 0 Å². The summed E-state index contributed by atoms with van der Waals surface area (Å²) in [6.45, 7) is 3.07. The number of piperidine rings is 1. The highest BCUT2D eigenvalue weighted by molar-refractivity contribution is 5.75.